The topological polar surface area (TPSA) is 46.9 Å². The predicted molar refractivity (Wildman–Crippen MR) is 86.1 cm³/mol. The Labute approximate surface area is 132 Å². The lowest BCUT2D eigenvalue weighted by Gasteiger charge is -2.13. The molecule has 4 nitrogen and oxygen atoms in total. The molecular weight excluding hydrogens is 330 g/mol. The number of nitrogens with zero attached hydrogens (tertiary/aromatic N) is 2. The van der Waals surface area contributed by atoms with Crippen LogP contribution in [0.3, 0.4) is 0 Å². The van der Waals surface area contributed by atoms with Gasteiger partial charge in [0.1, 0.15) is 5.82 Å². The average Bonchev–Trinajstić information content (AvgIpc) is 3.13. The van der Waals surface area contributed by atoms with Crippen LogP contribution in [0.15, 0.2) is 41.0 Å². The van der Waals surface area contributed by atoms with E-state index in [1.807, 2.05) is 35.0 Å². The number of nitrogens with one attached hydrogen (secondary N) is 1. The number of aromatic nitrogens is 2. The van der Waals surface area contributed by atoms with Gasteiger partial charge in [-0.2, -0.15) is 5.10 Å². The van der Waals surface area contributed by atoms with Gasteiger partial charge in [-0.3, -0.25) is 4.79 Å². The normalized spacial score (nSPS) is 15.3. The number of hydrogen-bond acceptors (Lipinski definition) is 2. The highest BCUT2D eigenvalue weighted by Crippen LogP contribution is 2.26. The molecule has 0 aliphatic heterocycles. The van der Waals surface area contributed by atoms with Crippen LogP contribution >= 0.6 is 15.9 Å². The van der Waals surface area contributed by atoms with Gasteiger partial charge in [-0.25, -0.2) is 4.68 Å². The molecule has 3 rings (SSSR count). The van der Waals surface area contributed by atoms with E-state index >= 15 is 0 Å². The Bertz CT molecular complexity index is 632. The van der Waals surface area contributed by atoms with Crippen molar-refractivity contribution in [2.45, 2.75) is 32.2 Å². The number of anilines is 1. The molecule has 0 atom stereocenters. The molecule has 0 radical (unpaired) electrons. The zero-order chi connectivity index (χ0) is 14.7. The van der Waals surface area contributed by atoms with E-state index in [2.05, 4.69) is 26.3 Å². The predicted octanol–water partition coefficient (Wildman–Crippen LogP) is 3.82. The summed E-state index contributed by atoms with van der Waals surface area (Å²) in [4.78, 5) is 12.2. The lowest BCUT2D eigenvalue weighted by Crippen LogP contribution is -2.22. The molecule has 0 unspecified atom stereocenters. The van der Waals surface area contributed by atoms with Crippen LogP contribution < -0.4 is 5.32 Å². The van der Waals surface area contributed by atoms with Crippen LogP contribution in [0.1, 0.15) is 31.2 Å². The number of benzene rings is 1. The molecule has 1 aromatic carbocycles. The first-order valence-electron chi connectivity index (χ1n) is 7.30. The smallest absolute Gasteiger partial charge is 0.228 e. The van der Waals surface area contributed by atoms with Crippen molar-refractivity contribution >= 4 is 27.7 Å². The summed E-state index contributed by atoms with van der Waals surface area (Å²) in [5.41, 5.74) is 1.14. The molecule has 1 N–H and O–H groups in total. The maximum Gasteiger partial charge on any atom is 0.228 e. The maximum atomic E-state index is 12.2. The van der Waals surface area contributed by atoms with E-state index in [0.717, 1.165) is 41.5 Å². The first-order valence-corrected chi connectivity index (χ1v) is 8.09. The summed E-state index contributed by atoms with van der Waals surface area (Å²) >= 11 is 3.54. The Morgan fingerprint density at radius 1 is 1.29 bits per heavy atom. The zero-order valence-electron chi connectivity index (χ0n) is 11.8. The highest BCUT2D eigenvalue weighted by atomic mass is 79.9. The first kappa shape index (κ1) is 14.3. The van der Waals surface area contributed by atoms with E-state index in [1.54, 1.807) is 6.20 Å². The summed E-state index contributed by atoms with van der Waals surface area (Å²) < 4.78 is 2.88. The Hall–Kier alpha value is -1.62. The third-order valence-corrected chi connectivity index (χ3v) is 4.75. The van der Waals surface area contributed by atoms with Gasteiger partial charge in [-0.15, -0.1) is 0 Å². The molecule has 1 heterocycles. The third kappa shape index (κ3) is 3.35. The summed E-state index contributed by atoms with van der Waals surface area (Å²) in [5.74, 6) is 1.06. The van der Waals surface area contributed by atoms with Crippen molar-refractivity contribution in [3.8, 4) is 0 Å². The van der Waals surface area contributed by atoms with Crippen molar-refractivity contribution in [2.24, 2.45) is 5.92 Å². The summed E-state index contributed by atoms with van der Waals surface area (Å²) in [5, 5.41) is 7.33. The molecule has 0 spiro atoms. The molecule has 0 saturated heterocycles. The van der Waals surface area contributed by atoms with Crippen molar-refractivity contribution in [2.75, 3.05) is 5.32 Å². The van der Waals surface area contributed by atoms with Gasteiger partial charge in [-0.05, 0) is 24.5 Å². The van der Waals surface area contributed by atoms with Crippen LogP contribution in [0.5, 0.6) is 0 Å². The van der Waals surface area contributed by atoms with Crippen molar-refractivity contribution < 1.29 is 4.79 Å². The molecule has 1 fully saturated rings. The van der Waals surface area contributed by atoms with Gasteiger partial charge >= 0.3 is 0 Å². The van der Waals surface area contributed by atoms with E-state index in [-0.39, 0.29) is 11.8 Å². The van der Waals surface area contributed by atoms with E-state index in [0.29, 0.717) is 6.54 Å². The van der Waals surface area contributed by atoms with Gasteiger partial charge in [0.05, 0.1) is 12.7 Å². The average molecular weight is 348 g/mol. The molecule has 110 valence electrons. The van der Waals surface area contributed by atoms with Crippen molar-refractivity contribution in [1.29, 1.82) is 0 Å². The largest absolute Gasteiger partial charge is 0.311 e. The molecule has 1 aliphatic rings. The lowest BCUT2D eigenvalue weighted by molar-refractivity contribution is -0.119. The van der Waals surface area contributed by atoms with Gasteiger partial charge in [0.15, 0.2) is 0 Å². The van der Waals surface area contributed by atoms with Crippen LogP contribution in [-0.2, 0) is 11.3 Å². The van der Waals surface area contributed by atoms with Gasteiger partial charge in [-0.1, -0.05) is 47.0 Å². The Balaban J connectivity index is 1.72. The van der Waals surface area contributed by atoms with E-state index in [4.69, 9.17) is 0 Å². The molecule has 5 heteroatoms. The number of carbonyl (C=O) groups is 1. The molecule has 21 heavy (non-hydrogen) atoms. The summed E-state index contributed by atoms with van der Waals surface area (Å²) in [6, 6.07) is 9.90. The summed E-state index contributed by atoms with van der Waals surface area (Å²) in [7, 11) is 0. The second-order valence-corrected chi connectivity index (χ2v) is 6.29. The summed E-state index contributed by atoms with van der Waals surface area (Å²) in [6.45, 7) is 0.634. The number of rotatable bonds is 4. The Morgan fingerprint density at radius 2 is 2.05 bits per heavy atom. The fraction of sp³-hybridized carbons (Fsp3) is 0.375. The molecule has 1 amide bonds. The SMILES string of the molecule is O=C(Nc1ccnn1Cc1ccccc1Br)C1CCCC1. The number of amides is 1. The quantitative estimate of drug-likeness (QED) is 0.913. The van der Waals surface area contributed by atoms with Crippen molar-refractivity contribution in [1.82, 2.24) is 9.78 Å². The highest BCUT2D eigenvalue weighted by Gasteiger charge is 2.23. The van der Waals surface area contributed by atoms with Crippen LogP contribution in [0.2, 0.25) is 0 Å². The zero-order valence-corrected chi connectivity index (χ0v) is 13.3. The minimum atomic E-state index is 0.126. The maximum absolute atomic E-state index is 12.2. The van der Waals surface area contributed by atoms with Gasteiger partial charge in [0, 0.05) is 16.5 Å². The number of hydrogen-bond donors (Lipinski definition) is 1. The second kappa shape index (κ2) is 6.43. The highest BCUT2D eigenvalue weighted by molar-refractivity contribution is 9.10. The standard InChI is InChI=1S/C16H18BrN3O/c17-14-8-4-3-7-13(14)11-20-15(9-10-18-20)19-16(21)12-5-1-2-6-12/h3-4,7-10,12H,1-2,5-6,11H2,(H,19,21). The molecule has 1 aromatic heterocycles. The first-order chi connectivity index (χ1) is 10.2. The fourth-order valence-corrected chi connectivity index (χ4v) is 3.18. The monoisotopic (exact) mass is 347 g/mol. The number of carbonyl (C=O) groups excluding carboxylic acids is 1. The number of halogens is 1. The Morgan fingerprint density at radius 3 is 2.81 bits per heavy atom. The second-order valence-electron chi connectivity index (χ2n) is 5.44. The Kier molecular flexibility index (Phi) is 4.39. The molecule has 2 aromatic rings. The molecule has 1 saturated carbocycles. The van der Waals surface area contributed by atoms with Crippen LogP contribution in [0, 0.1) is 5.92 Å². The van der Waals surface area contributed by atoms with E-state index < -0.39 is 0 Å². The van der Waals surface area contributed by atoms with Crippen molar-refractivity contribution in [3.05, 3.63) is 46.6 Å². The van der Waals surface area contributed by atoms with E-state index in [1.165, 1.54) is 0 Å². The molecular formula is C16H18BrN3O. The van der Waals surface area contributed by atoms with Gasteiger partial charge in [0.25, 0.3) is 0 Å². The minimum Gasteiger partial charge on any atom is -0.311 e. The van der Waals surface area contributed by atoms with Crippen LogP contribution in [-0.4, -0.2) is 15.7 Å². The molecule has 1 aliphatic carbocycles. The molecule has 0 bridgehead atoms. The third-order valence-electron chi connectivity index (χ3n) is 3.97. The van der Waals surface area contributed by atoms with Gasteiger partial charge < -0.3 is 5.32 Å². The van der Waals surface area contributed by atoms with Gasteiger partial charge in [0.2, 0.25) is 5.91 Å². The lowest BCUT2D eigenvalue weighted by atomic mass is 10.1. The van der Waals surface area contributed by atoms with Crippen LogP contribution in [0.25, 0.3) is 0 Å². The summed E-state index contributed by atoms with van der Waals surface area (Å²) in [6.07, 6.45) is 6.05. The van der Waals surface area contributed by atoms with Crippen LogP contribution in [0.4, 0.5) is 5.82 Å². The van der Waals surface area contributed by atoms with Crippen molar-refractivity contribution in [3.63, 3.8) is 0 Å². The fourth-order valence-electron chi connectivity index (χ4n) is 2.77. The minimum absolute atomic E-state index is 0.126. The van der Waals surface area contributed by atoms with E-state index in [9.17, 15) is 4.79 Å².